The van der Waals surface area contributed by atoms with Gasteiger partial charge in [0.15, 0.2) is 0 Å². The molecular weight excluding hydrogens is 569 g/mol. The Kier molecular flexibility index (Phi) is 9.10. The first-order valence-electron chi connectivity index (χ1n) is 13.7. The fourth-order valence-corrected chi connectivity index (χ4v) is 5.31. The van der Waals surface area contributed by atoms with Crippen LogP contribution in [0.2, 0.25) is 0 Å². The third-order valence-electron chi connectivity index (χ3n) is 7.16. The van der Waals surface area contributed by atoms with Gasteiger partial charge in [-0.25, -0.2) is 9.59 Å². The molecule has 1 fully saturated rings. The zero-order chi connectivity index (χ0) is 31.7. The van der Waals surface area contributed by atoms with Crippen molar-refractivity contribution in [1.82, 2.24) is 9.47 Å². The summed E-state index contributed by atoms with van der Waals surface area (Å²) in [6.45, 7) is 5.74. The molecule has 9 nitrogen and oxygen atoms in total. The maximum absolute atomic E-state index is 14.4. The molecule has 43 heavy (non-hydrogen) atoms. The summed E-state index contributed by atoms with van der Waals surface area (Å²) in [7, 11) is 2.69. The van der Waals surface area contributed by atoms with Gasteiger partial charge >= 0.3 is 18.2 Å². The molecule has 0 unspecified atom stereocenters. The first-order chi connectivity index (χ1) is 20.1. The van der Waals surface area contributed by atoms with Crippen molar-refractivity contribution in [2.24, 2.45) is 0 Å². The average molecular weight is 605 g/mol. The van der Waals surface area contributed by atoms with E-state index in [-0.39, 0.29) is 36.3 Å². The summed E-state index contributed by atoms with van der Waals surface area (Å²) in [6.07, 6.45) is -4.07. The minimum Gasteiger partial charge on any atom is -0.496 e. The van der Waals surface area contributed by atoms with Crippen molar-refractivity contribution in [2.75, 3.05) is 27.4 Å². The lowest BCUT2D eigenvalue weighted by Crippen LogP contribution is -2.44. The SMILES string of the molecule is COC(=O)c1ccc([C@@H]2C[C@H](OCC(F)(F)F)CCN2C(=O)c2c(OC)cc(C)c3c2ccn3C(=O)OC(C)(C)C)cc1. The second-order valence-electron chi connectivity index (χ2n) is 11.4. The highest BCUT2D eigenvalue weighted by Gasteiger charge is 2.38. The Labute approximate surface area is 247 Å². The second kappa shape index (κ2) is 12.3. The molecule has 4 rings (SSSR count). The number of fused-ring (bicyclic) bond motifs is 1. The topological polar surface area (TPSA) is 96.3 Å². The van der Waals surface area contributed by atoms with Crippen LogP contribution in [0.4, 0.5) is 18.0 Å². The molecule has 0 bridgehead atoms. The van der Waals surface area contributed by atoms with E-state index in [4.69, 9.17) is 18.9 Å². The van der Waals surface area contributed by atoms with Crippen LogP contribution in [-0.2, 0) is 14.2 Å². The third-order valence-corrected chi connectivity index (χ3v) is 7.16. The van der Waals surface area contributed by atoms with Crippen LogP contribution in [0, 0.1) is 6.92 Å². The average Bonchev–Trinajstić information content (AvgIpc) is 3.40. The van der Waals surface area contributed by atoms with E-state index in [1.807, 2.05) is 0 Å². The van der Waals surface area contributed by atoms with E-state index in [9.17, 15) is 27.6 Å². The lowest BCUT2D eigenvalue weighted by molar-refractivity contribution is -0.190. The molecule has 1 saturated heterocycles. The molecule has 232 valence electrons. The van der Waals surface area contributed by atoms with Crippen LogP contribution in [-0.4, -0.2) is 72.7 Å². The van der Waals surface area contributed by atoms with Gasteiger partial charge in [-0.15, -0.1) is 0 Å². The summed E-state index contributed by atoms with van der Waals surface area (Å²) in [4.78, 5) is 40.9. The summed E-state index contributed by atoms with van der Waals surface area (Å²) in [5.41, 5.74) is 1.50. The Morgan fingerprint density at radius 2 is 1.70 bits per heavy atom. The highest BCUT2D eigenvalue weighted by Crippen LogP contribution is 2.39. The summed E-state index contributed by atoms with van der Waals surface area (Å²) in [6, 6.07) is 8.98. The van der Waals surface area contributed by atoms with Crippen LogP contribution < -0.4 is 4.74 Å². The molecule has 1 aromatic heterocycles. The number of piperidine rings is 1. The number of carbonyl (C=O) groups is 3. The quantitative estimate of drug-likeness (QED) is 0.298. The summed E-state index contributed by atoms with van der Waals surface area (Å²) in [5.74, 6) is -0.692. The maximum atomic E-state index is 14.4. The van der Waals surface area contributed by atoms with E-state index >= 15 is 0 Å². The van der Waals surface area contributed by atoms with Gasteiger partial charge in [0.05, 0.1) is 43.0 Å². The Hall–Kier alpha value is -4.06. The lowest BCUT2D eigenvalue weighted by atomic mass is 9.91. The molecular formula is C31H35F3N2O7. The van der Waals surface area contributed by atoms with Gasteiger partial charge in [0.2, 0.25) is 0 Å². The van der Waals surface area contributed by atoms with E-state index in [1.165, 1.54) is 37.1 Å². The predicted octanol–water partition coefficient (Wildman–Crippen LogP) is 6.45. The van der Waals surface area contributed by atoms with Gasteiger partial charge in [-0.1, -0.05) is 12.1 Å². The molecule has 2 heterocycles. The molecule has 0 spiro atoms. The number of esters is 1. The maximum Gasteiger partial charge on any atom is 0.419 e. The molecule has 2 aromatic carbocycles. The smallest absolute Gasteiger partial charge is 0.419 e. The Morgan fingerprint density at radius 1 is 1.02 bits per heavy atom. The molecule has 1 amide bonds. The van der Waals surface area contributed by atoms with E-state index < -0.39 is 48.5 Å². The molecule has 0 radical (unpaired) electrons. The molecule has 1 aliphatic heterocycles. The van der Waals surface area contributed by atoms with Crippen molar-refractivity contribution in [3.8, 4) is 5.75 Å². The predicted molar refractivity (Wildman–Crippen MR) is 151 cm³/mol. The number of halogens is 3. The number of likely N-dealkylation sites (tertiary alicyclic amines) is 1. The van der Waals surface area contributed by atoms with Gasteiger partial charge in [0.1, 0.15) is 18.0 Å². The van der Waals surface area contributed by atoms with Gasteiger partial charge in [0.25, 0.3) is 5.91 Å². The normalized spacial score (nSPS) is 17.6. The minimum absolute atomic E-state index is 0.0929. The number of benzene rings is 2. The van der Waals surface area contributed by atoms with Gasteiger partial charge in [-0.3, -0.25) is 9.36 Å². The Morgan fingerprint density at radius 3 is 2.28 bits per heavy atom. The third kappa shape index (κ3) is 7.12. The van der Waals surface area contributed by atoms with Crippen LogP contribution in [0.25, 0.3) is 10.9 Å². The summed E-state index contributed by atoms with van der Waals surface area (Å²) < 4.78 is 61.3. The van der Waals surface area contributed by atoms with Crippen LogP contribution in [0.1, 0.15) is 71.5 Å². The van der Waals surface area contributed by atoms with Crippen molar-refractivity contribution < 1.29 is 46.5 Å². The molecule has 12 heteroatoms. The van der Waals surface area contributed by atoms with Gasteiger partial charge in [-0.2, -0.15) is 13.2 Å². The van der Waals surface area contributed by atoms with E-state index in [0.29, 0.717) is 22.0 Å². The van der Waals surface area contributed by atoms with Crippen LogP contribution >= 0.6 is 0 Å². The number of amides is 1. The van der Waals surface area contributed by atoms with Gasteiger partial charge < -0.3 is 23.8 Å². The fourth-order valence-electron chi connectivity index (χ4n) is 5.31. The number of methoxy groups -OCH3 is 2. The van der Waals surface area contributed by atoms with E-state index in [1.54, 1.807) is 56.9 Å². The fraction of sp³-hybridized carbons (Fsp3) is 0.452. The number of rotatable bonds is 6. The summed E-state index contributed by atoms with van der Waals surface area (Å²) >= 11 is 0. The van der Waals surface area contributed by atoms with Crippen LogP contribution in [0.15, 0.2) is 42.6 Å². The lowest BCUT2D eigenvalue weighted by Gasteiger charge is -2.40. The Balaban J connectivity index is 1.77. The number of aromatic nitrogens is 1. The van der Waals surface area contributed by atoms with Crippen molar-refractivity contribution in [2.45, 2.75) is 64.5 Å². The van der Waals surface area contributed by atoms with Crippen molar-refractivity contribution in [1.29, 1.82) is 0 Å². The largest absolute Gasteiger partial charge is 0.496 e. The number of nitrogens with zero attached hydrogens (tertiary/aromatic N) is 2. The minimum atomic E-state index is -4.49. The molecule has 0 aliphatic carbocycles. The zero-order valence-corrected chi connectivity index (χ0v) is 24.9. The number of alkyl halides is 3. The second-order valence-corrected chi connectivity index (χ2v) is 11.4. The number of ether oxygens (including phenoxy) is 4. The Bertz CT molecular complexity index is 1510. The molecule has 1 aliphatic rings. The summed E-state index contributed by atoms with van der Waals surface area (Å²) in [5, 5.41) is 0.461. The highest BCUT2D eigenvalue weighted by molar-refractivity contribution is 6.11. The van der Waals surface area contributed by atoms with Crippen LogP contribution in [0.5, 0.6) is 5.75 Å². The van der Waals surface area contributed by atoms with Gasteiger partial charge in [0, 0.05) is 18.1 Å². The zero-order valence-electron chi connectivity index (χ0n) is 24.9. The molecule has 3 aromatic rings. The van der Waals surface area contributed by atoms with Crippen molar-refractivity contribution in [3.63, 3.8) is 0 Å². The molecule has 2 atom stereocenters. The first kappa shape index (κ1) is 31.9. The number of hydrogen-bond acceptors (Lipinski definition) is 7. The van der Waals surface area contributed by atoms with Crippen molar-refractivity contribution >= 4 is 28.9 Å². The van der Waals surface area contributed by atoms with E-state index in [0.717, 1.165) is 0 Å². The first-order valence-corrected chi connectivity index (χ1v) is 13.7. The highest BCUT2D eigenvalue weighted by atomic mass is 19.4. The van der Waals surface area contributed by atoms with Crippen LogP contribution in [0.3, 0.4) is 0 Å². The molecule has 0 N–H and O–H groups in total. The number of carbonyl (C=O) groups excluding carboxylic acids is 3. The van der Waals surface area contributed by atoms with Gasteiger partial charge in [-0.05, 0) is 75.9 Å². The van der Waals surface area contributed by atoms with Crippen molar-refractivity contribution in [3.05, 3.63) is 64.8 Å². The number of hydrogen-bond donors (Lipinski definition) is 0. The molecule has 0 saturated carbocycles. The standard InChI is InChI=1S/C31H35F3N2O7/c1-18-15-24(40-5)25(22-12-14-36(26(18)22)29(39)43-30(2,3)4)27(37)35-13-11-21(42-17-31(32,33)34)16-23(35)19-7-9-20(10-8-19)28(38)41-6/h7-10,12,14-15,21,23H,11,13,16-17H2,1-6H3/t21-,23+/m1/s1. The number of aryl methyl sites for hydroxylation is 1. The van der Waals surface area contributed by atoms with E-state index in [2.05, 4.69) is 0 Å². The monoisotopic (exact) mass is 604 g/mol.